The van der Waals surface area contributed by atoms with Gasteiger partial charge in [0, 0.05) is 38.5 Å². The van der Waals surface area contributed by atoms with E-state index in [2.05, 4.69) is 95.7 Å². The molecule has 269 valence electrons. The Kier molecular flexibility index (Phi) is 10.1. The summed E-state index contributed by atoms with van der Waals surface area (Å²) in [4.78, 5) is 9.14. The Bertz CT molecular complexity index is 2490. The summed E-state index contributed by atoms with van der Waals surface area (Å²) in [7, 11) is 0. The van der Waals surface area contributed by atoms with E-state index in [4.69, 9.17) is 11.3 Å². The summed E-state index contributed by atoms with van der Waals surface area (Å²) in [6, 6.07) is 38.1. The maximum absolute atomic E-state index is 8.49. The van der Waals surface area contributed by atoms with Gasteiger partial charge in [0.05, 0.1) is 5.58 Å². The average molecular weight is 929 g/mol. The Hall–Kier alpha value is -3.83. The monoisotopic (exact) mass is 930 g/mol. The van der Waals surface area contributed by atoms with Gasteiger partial charge < -0.3 is 9.40 Å². The zero-order valence-electron chi connectivity index (χ0n) is 36.5. The molecule has 0 atom stereocenters. The van der Waals surface area contributed by atoms with Gasteiger partial charge in [-0.05, 0) is 34.8 Å². The zero-order chi connectivity index (χ0) is 40.8. The van der Waals surface area contributed by atoms with Crippen LogP contribution in [0.2, 0.25) is 17.3 Å². The third-order valence-corrected chi connectivity index (χ3v) is 13.8. The number of aromatic nitrogens is 2. The van der Waals surface area contributed by atoms with Crippen LogP contribution in [0, 0.1) is 19.0 Å². The fraction of sp³-hybridized carbons (Fsp3) is 0.277. The third-order valence-electron chi connectivity index (χ3n) is 9.58. The molecule has 4 aromatic carbocycles. The molecule has 7 aromatic rings. The second-order valence-electron chi connectivity index (χ2n) is 15.2. The van der Waals surface area contributed by atoms with Crippen LogP contribution in [0.15, 0.2) is 114 Å². The molecule has 0 aliphatic heterocycles. The van der Waals surface area contributed by atoms with E-state index in [9.17, 15) is 0 Å². The first-order valence-corrected chi connectivity index (χ1v) is 24.8. The van der Waals surface area contributed by atoms with Crippen molar-refractivity contribution in [2.75, 3.05) is 0 Å². The van der Waals surface area contributed by atoms with Crippen LogP contribution < -0.4 is 4.40 Å². The van der Waals surface area contributed by atoms with E-state index < -0.39 is 31.9 Å². The Labute approximate surface area is 334 Å². The van der Waals surface area contributed by atoms with Crippen molar-refractivity contribution < 1.29 is 31.4 Å². The number of furan rings is 1. The summed E-state index contributed by atoms with van der Waals surface area (Å²) < 4.78 is 46.8. The summed E-state index contributed by atoms with van der Waals surface area (Å²) in [5.41, 5.74) is 9.26. The van der Waals surface area contributed by atoms with Gasteiger partial charge in [-0.3, -0.25) is 0 Å². The second-order valence-corrected chi connectivity index (χ2v) is 25.8. The molecular weight excluding hydrogens is 873 g/mol. The minimum Gasteiger partial charge on any atom is 0 e. The van der Waals surface area contributed by atoms with Crippen LogP contribution in [0.1, 0.15) is 88.0 Å². The van der Waals surface area contributed by atoms with Gasteiger partial charge in [0.15, 0.2) is 0 Å². The maximum Gasteiger partial charge on any atom is 0 e. The summed E-state index contributed by atoms with van der Waals surface area (Å²) in [6.07, 6.45) is 3.67. The molecule has 1 radical (unpaired) electrons. The van der Waals surface area contributed by atoms with E-state index in [0.717, 1.165) is 55.6 Å². The average Bonchev–Trinajstić information content (AvgIpc) is 3.52. The summed E-state index contributed by atoms with van der Waals surface area (Å²) in [5, 5.41) is 2.13. The Balaban J connectivity index is 0.000000223. The molecule has 0 bridgehead atoms. The van der Waals surface area contributed by atoms with E-state index in [0.29, 0.717) is 0 Å². The summed E-state index contributed by atoms with van der Waals surface area (Å²) in [5.74, 6) is 5.48. The predicted molar refractivity (Wildman–Crippen MR) is 219 cm³/mol. The first kappa shape index (κ1) is 32.8. The summed E-state index contributed by atoms with van der Waals surface area (Å²) in [6.45, 7) is 9.91. The van der Waals surface area contributed by atoms with Gasteiger partial charge in [0.25, 0.3) is 0 Å². The van der Waals surface area contributed by atoms with Crippen molar-refractivity contribution in [1.82, 2.24) is 9.97 Å². The number of benzene rings is 4. The maximum atomic E-state index is 8.49. The molecule has 52 heavy (non-hydrogen) atoms. The van der Waals surface area contributed by atoms with Gasteiger partial charge in [-0.25, -0.2) is 0 Å². The van der Waals surface area contributed by atoms with Crippen LogP contribution in [-0.2, 0) is 25.5 Å². The number of pyridine rings is 2. The molecule has 0 aliphatic rings. The topological polar surface area (TPSA) is 38.9 Å². The Morgan fingerprint density at radius 2 is 1.56 bits per heavy atom. The van der Waals surface area contributed by atoms with Crippen LogP contribution in [0.5, 0.6) is 0 Å². The fourth-order valence-corrected chi connectivity index (χ4v) is 9.74. The van der Waals surface area contributed by atoms with Gasteiger partial charge in [-0.15, -0.1) is 18.2 Å². The van der Waals surface area contributed by atoms with Crippen molar-refractivity contribution in [2.24, 2.45) is 0 Å². The molecule has 3 heterocycles. The van der Waals surface area contributed by atoms with Gasteiger partial charge >= 0.3 is 131 Å². The van der Waals surface area contributed by atoms with Crippen molar-refractivity contribution >= 4 is 39.6 Å². The number of hydrogen-bond acceptors (Lipinski definition) is 3. The van der Waals surface area contributed by atoms with E-state index in [1.54, 1.807) is 18.3 Å². The van der Waals surface area contributed by atoms with Gasteiger partial charge in [-0.2, -0.15) is 0 Å². The molecule has 3 nitrogen and oxygen atoms in total. The van der Waals surface area contributed by atoms with Crippen LogP contribution in [-0.4, -0.2) is 23.2 Å². The van der Waals surface area contributed by atoms with Crippen molar-refractivity contribution in [1.29, 1.82) is 0 Å². The number of hydrogen-bond donors (Lipinski definition) is 0. The number of fused-ring (bicyclic) bond motifs is 3. The van der Waals surface area contributed by atoms with E-state index >= 15 is 0 Å². The van der Waals surface area contributed by atoms with Crippen LogP contribution >= 0.6 is 0 Å². The van der Waals surface area contributed by atoms with Crippen LogP contribution in [0.4, 0.5) is 0 Å². The summed E-state index contributed by atoms with van der Waals surface area (Å²) >= 11 is -2.14. The van der Waals surface area contributed by atoms with Gasteiger partial charge in [0.1, 0.15) is 5.58 Å². The second kappa shape index (κ2) is 16.0. The quantitative estimate of drug-likeness (QED) is 0.118. The smallest absolute Gasteiger partial charge is 0 e. The standard InChI is InChI=1S/C29H26NO.C18H24GeN.Ir/c1-19(2)20-15-16-30-26(17-20)25-12-8-11-24-23-14-13-22(18-27(23)31-28(24)25)29(3,4)21-9-6-5-7-10-21;1-13(2)16-11-18(15-9-7-14(3)8-10-15)20-12-17(16)19(4,5)6;/h5-11,13-19H,1-4H3;7-9,11-13H,1-6H3;/q2*-1;/i19D;3D3,13D;. The number of nitrogens with zero attached hydrogens (tertiary/aromatic N) is 2. The molecule has 3 aromatic heterocycles. The zero-order valence-corrected chi connectivity index (χ0v) is 36.0. The third kappa shape index (κ3) is 8.36. The molecule has 0 amide bonds. The normalized spacial score (nSPS) is 13.9. The van der Waals surface area contributed by atoms with Crippen LogP contribution in [0.25, 0.3) is 44.5 Å². The van der Waals surface area contributed by atoms with E-state index in [1.165, 1.54) is 21.6 Å². The molecule has 0 fully saturated rings. The largest absolute Gasteiger partial charge is 0 e. The molecule has 0 unspecified atom stereocenters. The Morgan fingerprint density at radius 3 is 2.21 bits per heavy atom. The molecule has 0 saturated carbocycles. The van der Waals surface area contributed by atoms with Crippen molar-refractivity contribution in [3.05, 3.63) is 149 Å². The number of aryl methyl sites for hydroxylation is 1. The van der Waals surface area contributed by atoms with Crippen molar-refractivity contribution in [3.63, 3.8) is 0 Å². The fourth-order valence-electron chi connectivity index (χ4n) is 6.42. The van der Waals surface area contributed by atoms with Gasteiger partial charge in [0.2, 0.25) is 0 Å². The van der Waals surface area contributed by atoms with Gasteiger partial charge in [-0.1, -0.05) is 92.7 Å². The van der Waals surface area contributed by atoms with E-state index in [1.807, 2.05) is 70.3 Å². The van der Waals surface area contributed by atoms with Crippen molar-refractivity contribution in [2.45, 2.75) is 82.9 Å². The molecule has 0 spiro atoms. The number of rotatable bonds is 7. The molecule has 0 saturated heterocycles. The molecule has 0 N–H and O–H groups in total. The SMILES string of the molecule is [2H]C(C)(C)c1ccnc(-c2[c-]ccc3c2oc2cc(C(C)(C)c4ccccc4)ccc23)c1.[2H]C([2H])([2H])c1c[c-]c(-c2cc(C([2H])(C)C)[c]([Ge]([CH3])([CH3])[CH3])cn2)cc1.[Ir]. The van der Waals surface area contributed by atoms with Crippen LogP contribution in [0.3, 0.4) is 0 Å². The minimum absolute atomic E-state index is 0. The molecular formula is C47H50GeIrN2O-2. The minimum atomic E-state index is -2.14. The van der Waals surface area contributed by atoms with Crippen molar-refractivity contribution in [3.8, 4) is 22.5 Å². The van der Waals surface area contributed by atoms with E-state index in [-0.39, 0.29) is 31.1 Å². The first-order valence-electron chi connectivity index (χ1n) is 20.0. The first-order chi connectivity index (χ1) is 26.0. The molecule has 0 aliphatic carbocycles. The predicted octanol–water partition coefficient (Wildman–Crippen LogP) is 12.4. The molecule has 5 heteroatoms. The molecule has 7 rings (SSSR count). The Morgan fingerprint density at radius 1 is 0.788 bits per heavy atom.